The van der Waals surface area contributed by atoms with Crippen molar-refractivity contribution in [3.8, 4) is 11.1 Å². The molecule has 0 aromatic heterocycles. The normalized spacial score (nSPS) is 17.0. The summed E-state index contributed by atoms with van der Waals surface area (Å²) in [5.41, 5.74) is 6.29. The monoisotopic (exact) mass is 787 g/mol. The molecule has 0 bridgehead atoms. The number of hydrogen-bond acceptors (Lipinski definition) is 4. The average molecular weight is 787 g/mol. The molecule has 3 rings (SSSR count). The Morgan fingerprint density at radius 2 is 1.09 bits per heavy atom. The second-order valence-electron chi connectivity index (χ2n) is 18.6. The molecule has 2 aromatic carbocycles. The highest BCUT2D eigenvalue weighted by molar-refractivity contribution is 8.34. The summed E-state index contributed by atoms with van der Waals surface area (Å²) >= 11 is 4.37. The van der Waals surface area contributed by atoms with Gasteiger partial charge in [0.05, 0.1) is 17.8 Å². The summed E-state index contributed by atoms with van der Waals surface area (Å²) in [6.45, 7) is 36.7. The van der Waals surface area contributed by atoms with Crippen LogP contribution >= 0.6 is 33.6 Å². The molecule has 304 valence electrons. The molecule has 2 aromatic rings. The van der Waals surface area contributed by atoms with E-state index in [1.54, 1.807) is 9.79 Å². The Kier molecular flexibility index (Phi) is 17.4. The van der Waals surface area contributed by atoms with Crippen molar-refractivity contribution in [3.63, 3.8) is 0 Å². The predicted molar refractivity (Wildman–Crippen MR) is 245 cm³/mol. The minimum Gasteiger partial charge on any atom is -0.376 e. The van der Waals surface area contributed by atoms with Crippen LogP contribution in [0.1, 0.15) is 173 Å². The Balaban J connectivity index is 2.00. The second-order valence-corrected chi connectivity index (χ2v) is 25.1. The van der Waals surface area contributed by atoms with Gasteiger partial charge < -0.3 is 9.47 Å². The predicted octanol–water partition coefficient (Wildman–Crippen LogP) is 15.3. The summed E-state index contributed by atoms with van der Waals surface area (Å²) in [6, 6.07) is 15.3. The Hall–Kier alpha value is -0.590. The molecule has 0 spiro atoms. The molecule has 0 amide bonds. The van der Waals surface area contributed by atoms with Gasteiger partial charge in [-0.2, -0.15) is 33.6 Å². The van der Waals surface area contributed by atoms with Crippen molar-refractivity contribution in [1.29, 1.82) is 0 Å². The first kappa shape index (κ1) is 46.8. The van der Waals surface area contributed by atoms with Gasteiger partial charge in [0, 0.05) is 26.4 Å². The molecule has 0 saturated carbocycles. The topological polar surface area (TPSA) is 18.5 Å². The Bertz CT molecular complexity index is 1360. The molecule has 53 heavy (non-hydrogen) atoms. The van der Waals surface area contributed by atoms with Gasteiger partial charge in [-0.15, -0.1) is 0 Å². The molecule has 0 radical (unpaired) electrons. The van der Waals surface area contributed by atoms with Gasteiger partial charge in [0.25, 0.3) is 0 Å². The molecule has 1 aliphatic rings. The summed E-state index contributed by atoms with van der Waals surface area (Å²) < 4.78 is 13.0. The van der Waals surface area contributed by atoms with E-state index >= 15 is 0 Å². The number of hydrogen-bond donors (Lipinski definition) is 0. The zero-order valence-corrected chi connectivity index (χ0v) is 39.6. The molecule has 1 heterocycles. The molecule has 2 unspecified atom stereocenters. The highest BCUT2D eigenvalue weighted by Gasteiger charge is 2.40. The molecule has 0 fully saturated rings. The smallest absolute Gasteiger partial charge is 0.0624 e. The highest BCUT2D eigenvalue weighted by Crippen LogP contribution is 2.72. The third-order valence-electron chi connectivity index (χ3n) is 13.2. The minimum absolute atomic E-state index is 0.0384. The lowest BCUT2D eigenvalue weighted by Crippen LogP contribution is -2.28. The van der Waals surface area contributed by atoms with Gasteiger partial charge in [-0.25, -0.2) is 0 Å². The van der Waals surface area contributed by atoms with Crippen LogP contribution in [0.15, 0.2) is 46.2 Å². The van der Waals surface area contributed by atoms with Crippen LogP contribution in [0.2, 0.25) is 0 Å². The maximum absolute atomic E-state index is 6.41. The van der Waals surface area contributed by atoms with Crippen LogP contribution in [0, 0.1) is 0 Å². The van der Waals surface area contributed by atoms with Crippen molar-refractivity contribution in [3.05, 3.63) is 47.5 Å². The van der Waals surface area contributed by atoms with E-state index < -0.39 is 10.0 Å². The van der Waals surface area contributed by atoms with Gasteiger partial charge in [-0.05, 0) is 154 Å². The third kappa shape index (κ3) is 12.2. The van der Waals surface area contributed by atoms with Crippen molar-refractivity contribution >= 4 is 33.6 Å². The molecule has 0 N–H and O–H groups in total. The molecular formula is C48H82O2S3. The summed E-state index contributed by atoms with van der Waals surface area (Å²) in [4.78, 5) is 3.36. The Morgan fingerprint density at radius 1 is 0.604 bits per heavy atom. The fourth-order valence-electron chi connectivity index (χ4n) is 6.93. The number of thioether (sulfide) groups is 2. The van der Waals surface area contributed by atoms with Crippen molar-refractivity contribution in [2.45, 2.75) is 203 Å². The van der Waals surface area contributed by atoms with Crippen LogP contribution in [0.3, 0.4) is 0 Å². The lowest BCUT2D eigenvalue weighted by atomic mass is 9.81. The molecule has 1 aliphatic heterocycles. The highest BCUT2D eigenvalue weighted by atomic mass is 32.3. The van der Waals surface area contributed by atoms with E-state index in [9.17, 15) is 0 Å². The maximum Gasteiger partial charge on any atom is 0.0624 e. The second kappa shape index (κ2) is 19.7. The molecule has 5 heteroatoms. The Labute approximate surface area is 339 Å². The van der Waals surface area contributed by atoms with Gasteiger partial charge in [0.15, 0.2) is 0 Å². The first-order valence-corrected chi connectivity index (χ1v) is 25.4. The lowest BCUT2D eigenvalue weighted by Gasteiger charge is -2.40. The van der Waals surface area contributed by atoms with E-state index in [-0.39, 0.29) is 26.8 Å². The number of fused-ring (bicyclic) bond motifs is 3. The fourth-order valence-corrected chi connectivity index (χ4v) is 14.0. The standard InChI is InChI=1S/C48H82O2S3/c1-16-39(36-50-47(13,14)20-5)51-30-22-32-53(33-23-31-52-48(15,21-6)28-29-49-46(11,12)19-4)42-34-37(44(7,8)17-2)24-26-40(42)41-27-25-38(35-43(41)53)45(9,10)18-3/h24-27,34-35,39H,16-23,28-33,36H2,1-15H3. The first-order chi connectivity index (χ1) is 24.8. The largest absolute Gasteiger partial charge is 0.376 e. The molecule has 2 atom stereocenters. The quantitative estimate of drug-likeness (QED) is 0.0933. The first-order valence-electron chi connectivity index (χ1n) is 21.4. The molecule has 0 saturated heterocycles. The fraction of sp³-hybridized carbons (Fsp3) is 0.750. The van der Waals surface area contributed by atoms with Crippen molar-refractivity contribution in [1.82, 2.24) is 0 Å². The van der Waals surface area contributed by atoms with Gasteiger partial charge in [0.1, 0.15) is 0 Å². The summed E-state index contributed by atoms with van der Waals surface area (Å²) in [5, 5.41) is 0.554. The van der Waals surface area contributed by atoms with Crippen LogP contribution < -0.4 is 0 Å². The molecule has 0 aliphatic carbocycles. The van der Waals surface area contributed by atoms with Crippen LogP contribution in [-0.2, 0) is 20.3 Å². The van der Waals surface area contributed by atoms with Crippen molar-refractivity contribution < 1.29 is 9.47 Å². The summed E-state index contributed by atoms with van der Waals surface area (Å²) in [5.74, 6) is 4.96. The van der Waals surface area contributed by atoms with E-state index in [1.807, 2.05) is 0 Å². The summed E-state index contributed by atoms with van der Waals surface area (Å²) in [6.07, 6.45) is 10.3. The number of rotatable bonds is 25. The van der Waals surface area contributed by atoms with Gasteiger partial charge in [-0.3, -0.25) is 0 Å². The van der Waals surface area contributed by atoms with Crippen molar-refractivity contribution in [2.75, 3.05) is 36.2 Å². The van der Waals surface area contributed by atoms with Crippen molar-refractivity contribution in [2.24, 2.45) is 0 Å². The van der Waals surface area contributed by atoms with E-state index in [0.29, 0.717) is 5.25 Å². The lowest BCUT2D eigenvalue weighted by molar-refractivity contribution is -0.0236. The number of ether oxygens (including phenoxy) is 2. The van der Waals surface area contributed by atoms with Crippen LogP contribution in [-0.4, -0.2) is 57.4 Å². The Morgan fingerprint density at radius 3 is 1.55 bits per heavy atom. The maximum atomic E-state index is 6.41. The van der Waals surface area contributed by atoms with Gasteiger partial charge in [-0.1, -0.05) is 100 Å². The number of benzene rings is 2. The van der Waals surface area contributed by atoms with Gasteiger partial charge >= 0.3 is 0 Å². The summed E-state index contributed by atoms with van der Waals surface area (Å²) in [7, 11) is -1.25. The third-order valence-corrected chi connectivity index (χ3v) is 20.7. The molecule has 2 nitrogen and oxygen atoms in total. The molecular weight excluding hydrogens is 705 g/mol. The zero-order chi connectivity index (χ0) is 39.7. The van der Waals surface area contributed by atoms with Crippen LogP contribution in [0.4, 0.5) is 0 Å². The van der Waals surface area contributed by atoms with E-state index in [1.165, 1.54) is 64.5 Å². The van der Waals surface area contributed by atoms with Crippen LogP contribution in [0.5, 0.6) is 0 Å². The van der Waals surface area contributed by atoms with Crippen LogP contribution in [0.25, 0.3) is 11.1 Å². The van der Waals surface area contributed by atoms with E-state index in [2.05, 4.69) is 164 Å². The van der Waals surface area contributed by atoms with E-state index in [4.69, 9.17) is 9.47 Å². The zero-order valence-electron chi connectivity index (χ0n) is 37.2. The SMILES string of the molecule is CCC(COC(C)(C)CC)SCCCS1(CCCSC(C)(CC)CCOC(C)(C)CC)c2cc(C(C)(C)CC)ccc2-c2ccc(C(C)(C)CC)cc21. The minimum atomic E-state index is -1.25. The van der Waals surface area contributed by atoms with E-state index in [0.717, 1.165) is 51.7 Å². The van der Waals surface area contributed by atoms with Gasteiger partial charge in [0.2, 0.25) is 0 Å². The average Bonchev–Trinajstić information content (AvgIpc) is 3.41.